The Hall–Kier alpha value is -2.80. The van der Waals surface area contributed by atoms with E-state index in [1.165, 1.54) is 42.3 Å². The molecule has 1 atom stereocenters. The fraction of sp³-hybridized carbons (Fsp3) is 0.400. The van der Waals surface area contributed by atoms with Crippen LogP contribution in [0.1, 0.15) is 48.8 Å². The lowest BCUT2D eigenvalue weighted by atomic mass is 9.99. The van der Waals surface area contributed by atoms with Crippen LogP contribution in [-0.2, 0) is 6.54 Å². The zero-order valence-electron chi connectivity index (χ0n) is 15.5. The maximum Gasteiger partial charge on any atom is 0.295 e. The fourth-order valence-electron chi connectivity index (χ4n) is 3.67. The number of nitrogens with one attached hydrogen (secondary N) is 1. The minimum Gasteiger partial charge on any atom is -0.319 e. The summed E-state index contributed by atoms with van der Waals surface area (Å²) in [7, 11) is 0. The van der Waals surface area contributed by atoms with E-state index in [2.05, 4.69) is 44.3 Å². The Labute approximate surface area is 158 Å². The smallest absolute Gasteiger partial charge is 0.295 e. The molecular formula is C20H24N6O. The van der Waals surface area contributed by atoms with Crippen molar-refractivity contribution in [3.8, 4) is 0 Å². The van der Waals surface area contributed by atoms with Crippen molar-refractivity contribution in [1.82, 2.24) is 24.5 Å². The Balaban J connectivity index is 1.40. The molecule has 7 nitrogen and oxygen atoms in total. The second-order valence-corrected chi connectivity index (χ2v) is 6.98. The first-order chi connectivity index (χ1) is 13.2. The van der Waals surface area contributed by atoms with Crippen LogP contribution in [0.2, 0.25) is 0 Å². The SMILES string of the molecule is CCC1CCCCN1Cc1ccc(NC(=O)c2nc3ncccn3n2)cc1. The van der Waals surface area contributed by atoms with Gasteiger partial charge in [0.2, 0.25) is 5.82 Å². The number of aromatic nitrogens is 4. The van der Waals surface area contributed by atoms with Gasteiger partial charge in [-0.15, -0.1) is 5.10 Å². The molecule has 1 N–H and O–H groups in total. The Bertz CT molecular complexity index is 887. The highest BCUT2D eigenvalue weighted by Crippen LogP contribution is 2.22. The Morgan fingerprint density at radius 1 is 1.26 bits per heavy atom. The third kappa shape index (κ3) is 3.98. The molecular weight excluding hydrogens is 340 g/mol. The minimum atomic E-state index is -0.338. The second kappa shape index (κ2) is 7.84. The lowest BCUT2D eigenvalue weighted by Gasteiger charge is -2.35. The third-order valence-electron chi connectivity index (χ3n) is 5.14. The topological polar surface area (TPSA) is 75.4 Å². The number of rotatable bonds is 5. The summed E-state index contributed by atoms with van der Waals surface area (Å²) in [4.78, 5) is 23.2. The summed E-state index contributed by atoms with van der Waals surface area (Å²) in [6.07, 6.45) is 8.46. The van der Waals surface area contributed by atoms with Gasteiger partial charge in [0.15, 0.2) is 0 Å². The molecule has 1 unspecified atom stereocenters. The Morgan fingerprint density at radius 2 is 2.11 bits per heavy atom. The van der Waals surface area contributed by atoms with Gasteiger partial charge < -0.3 is 5.32 Å². The molecule has 4 rings (SSSR count). The number of benzene rings is 1. The van der Waals surface area contributed by atoms with Gasteiger partial charge >= 0.3 is 0 Å². The molecule has 1 saturated heterocycles. The number of anilines is 1. The molecule has 3 aromatic rings. The average Bonchev–Trinajstić information content (AvgIpc) is 3.14. The van der Waals surface area contributed by atoms with Crippen molar-refractivity contribution >= 4 is 17.4 Å². The van der Waals surface area contributed by atoms with E-state index in [1.807, 2.05) is 12.1 Å². The van der Waals surface area contributed by atoms with Gasteiger partial charge in [-0.3, -0.25) is 9.69 Å². The molecule has 1 fully saturated rings. The van der Waals surface area contributed by atoms with E-state index in [4.69, 9.17) is 0 Å². The van der Waals surface area contributed by atoms with Crippen molar-refractivity contribution in [2.24, 2.45) is 0 Å². The lowest BCUT2D eigenvalue weighted by Crippen LogP contribution is -2.38. The number of hydrogen-bond donors (Lipinski definition) is 1. The van der Waals surface area contributed by atoms with E-state index in [0.29, 0.717) is 11.8 Å². The van der Waals surface area contributed by atoms with Gasteiger partial charge in [0.25, 0.3) is 11.7 Å². The lowest BCUT2D eigenvalue weighted by molar-refractivity contribution is 0.101. The van der Waals surface area contributed by atoms with Crippen molar-refractivity contribution < 1.29 is 4.79 Å². The highest BCUT2D eigenvalue weighted by atomic mass is 16.2. The molecule has 140 valence electrons. The molecule has 0 aliphatic carbocycles. The van der Waals surface area contributed by atoms with Gasteiger partial charge in [0.05, 0.1) is 0 Å². The van der Waals surface area contributed by atoms with Crippen molar-refractivity contribution in [2.75, 3.05) is 11.9 Å². The second-order valence-electron chi connectivity index (χ2n) is 6.98. The first-order valence-electron chi connectivity index (χ1n) is 9.54. The molecule has 1 aliphatic heterocycles. The van der Waals surface area contributed by atoms with E-state index in [-0.39, 0.29) is 11.7 Å². The zero-order chi connectivity index (χ0) is 18.6. The standard InChI is InChI=1S/C20H24N6O/c1-2-17-6-3-4-12-25(17)14-15-7-9-16(10-8-15)22-19(27)18-23-20-21-11-5-13-26(20)24-18/h5,7-11,13,17H,2-4,6,12,14H2,1H3,(H,22,27). The summed E-state index contributed by atoms with van der Waals surface area (Å²) in [5.41, 5.74) is 2.00. The molecule has 2 aromatic heterocycles. The van der Waals surface area contributed by atoms with E-state index < -0.39 is 0 Å². The molecule has 0 saturated carbocycles. The number of amides is 1. The highest BCUT2D eigenvalue weighted by Gasteiger charge is 2.20. The summed E-state index contributed by atoms with van der Waals surface area (Å²) in [5.74, 6) is 0.178. The monoisotopic (exact) mass is 364 g/mol. The molecule has 1 amide bonds. The fourth-order valence-corrected chi connectivity index (χ4v) is 3.67. The third-order valence-corrected chi connectivity index (χ3v) is 5.14. The Kier molecular flexibility index (Phi) is 5.11. The van der Waals surface area contributed by atoms with Crippen LogP contribution in [0, 0.1) is 0 Å². The minimum absolute atomic E-state index is 0.108. The van der Waals surface area contributed by atoms with Crippen LogP contribution in [0.3, 0.4) is 0 Å². The molecule has 1 aliphatic rings. The molecule has 3 heterocycles. The summed E-state index contributed by atoms with van der Waals surface area (Å²) in [5, 5.41) is 7.00. The van der Waals surface area contributed by atoms with Gasteiger partial charge in [-0.1, -0.05) is 25.5 Å². The van der Waals surface area contributed by atoms with Crippen LogP contribution >= 0.6 is 0 Å². The number of nitrogens with zero attached hydrogens (tertiary/aromatic N) is 5. The summed E-state index contributed by atoms with van der Waals surface area (Å²) >= 11 is 0. The number of likely N-dealkylation sites (tertiary alicyclic amines) is 1. The predicted octanol–water partition coefficient (Wildman–Crippen LogP) is 3.14. The average molecular weight is 364 g/mol. The quantitative estimate of drug-likeness (QED) is 0.753. The predicted molar refractivity (Wildman–Crippen MR) is 104 cm³/mol. The molecule has 0 spiro atoms. The molecule has 7 heteroatoms. The van der Waals surface area contributed by atoms with Crippen LogP contribution in [0.4, 0.5) is 5.69 Å². The molecule has 1 aromatic carbocycles. The van der Waals surface area contributed by atoms with Crippen LogP contribution in [0.25, 0.3) is 5.78 Å². The molecule has 27 heavy (non-hydrogen) atoms. The van der Waals surface area contributed by atoms with Crippen LogP contribution in [0.5, 0.6) is 0 Å². The van der Waals surface area contributed by atoms with E-state index in [9.17, 15) is 4.79 Å². The van der Waals surface area contributed by atoms with Crippen molar-refractivity contribution in [3.05, 3.63) is 54.1 Å². The highest BCUT2D eigenvalue weighted by molar-refractivity contribution is 6.01. The van der Waals surface area contributed by atoms with Gasteiger partial charge in [-0.05, 0) is 49.6 Å². The van der Waals surface area contributed by atoms with E-state index in [0.717, 1.165) is 12.2 Å². The van der Waals surface area contributed by atoms with Gasteiger partial charge in [0.1, 0.15) is 0 Å². The number of carbonyl (C=O) groups excluding carboxylic acids is 1. The normalized spacial score (nSPS) is 17.9. The first kappa shape index (κ1) is 17.6. The van der Waals surface area contributed by atoms with Crippen LogP contribution in [-0.4, -0.2) is 43.0 Å². The van der Waals surface area contributed by atoms with E-state index in [1.54, 1.807) is 18.5 Å². The van der Waals surface area contributed by atoms with Gasteiger partial charge in [-0.2, -0.15) is 4.98 Å². The van der Waals surface area contributed by atoms with Crippen molar-refractivity contribution in [2.45, 2.75) is 45.2 Å². The van der Waals surface area contributed by atoms with Crippen LogP contribution in [0.15, 0.2) is 42.7 Å². The number of fused-ring (bicyclic) bond motifs is 1. The molecule has 0 bridgehead atoms. The Morgan fingerprint density at radius 3 is 2.89 bits per heavy atom. The van der Waals surface area contributed by atoms with Gasteiger partial charge in [0, 0.05) is 30.7 Å². The summed E-state index contributed by atoms with van der Waals surface area (Å²) in [6.45, 7) is 4.40. The summed E-state index contributed by atoms with van der Waals surface area (Å²) < 4.78 is 1.49. The van der Waals surface area contributed by atoms with Crippen molar-refractivity contribution in [1.29, 1.82) is 0 Å². The van der Waals surface area contributed by atoms with Crippen LogP contribution < -0.4 is 5.32 Å². The zero-order valence-corrected chi connectivity index (χ0v) is 15.5. The van der Waals surface area contributed by atoms with E-state index >= 15 is 0 Å². The maximum absolute atomic E-state index is 12.4. The number of hydrogen-bond acceptors (Lipinski definition) is 5. The summed E-state index contributed by atoms with van der Waals surface area (Å²) in [6, 6.07) is 10.5. The first-order valence-corrected chi connectivity index (χ1v) is 9.54. The van der Waals surface area contributed by atoms with Crippen molar-refractivity contribution in [3.63, 3.8) is 0 Å². The maximum atomic E-state index is 12.4. The number of piperidine rings is 1. The van der Waals surface area contributed by atoms with Gasteiger partial charge in [-0.25, -0.2) is 9.50 Å². The number of carbonyl (C=O) groups is 1. The molecule has 0 radical (unpaired) electrons. The largest absolute Gasteiger partial charge is 0.319 e.